The van der Waals surface area contributed by atoms with E-state index in [0.717, 1.165) is 24.3 Å². The monoisotopic (exact) mass is 528 g/mol. The minimum Gasteiger partial charge on any atom is -0.423 e. The van der Waals surface area contributed by atoms with Crippen LogP contribution in [0.1, 0.15) is 20.7 Å². The summed E-state index contributed by atoms with van der Waals surface area (Å²) in [7, 11) is 0. The van der Waals surface area contributed by atoms with Gasteiger partial charge in [0, 0.05) is 18.2 Å². The molecular formula is C29H20O10. The van der Waals surface area contributed by atoms with Crippen LogP contribution < -0.4 is 23.7 Å². The quantitative estimate of drug-likeness (QED) is 0.212. The number of carbonyl (C=O) groups is 5. The molecular weight excluding hydrogens is 508 g/mol. The standard InChI is InChI=1S/C29H20O10/c1-4-25(30)35-20-10-7-18(8-11-20)28(33)36-21-12-14-22(15-13-21)37-29(34)19-9-16-23(38-26(31)5-2)24(17-19)39-27(32)6-3/h4-17H,1-3H2. The van der Waals surface area contributed by atoms with Gasteiger partial charge in [0.2, 0.25) is 0 Å². The lowest BCUT2D eigenvalue weighted by molar-refractivity contribution is -0.131. The summed E-state index contributed by atoms with van der Waals surface area (Å²) in [6.45, 7) is 9.89. The smallest absolute Gasteiger partial charge is 0.343 e. The van der Waals surface area contributed by atoms with Gasteiger partial charge in [-0.25, -0.2) is 24.0 Å². The van der Waals surface area contributed by atoms with Crippen molar-refractivity contribution in [2.75, 3.05) is 0 Å². The molecule has 39 heavy (non-hydrogen) atoms. The van der Waals surface area contributed by atoms with E-state index in [-0.39, 0.29) is 39.9 Å². The van der Waals surface area contributed by atoms with E-state index < -0.39 is 29.8 Å². The van der Waals surface area contributed by atoms with Crippen molar-refractivity contribution in [3.8, 4) is 28.7 Å². The zero-order valence-electron chi connectivity index (χ0n) is 20.3. The van der Waals surface area contributed by atoms with E-state index in [1.807, 2.05) is 0 Å². The average molecular weight is 528 g/mol. The van der Waals surface area contributed by atoms with Crippen LogP contribution in [0.5, 0.6) is 28.7 Å². The zero-order valence-corrected chi connectivity index (χ0v) is 20.3. The molecule has 196 valence electrons. The first-order chi connectivity index (χ1) is 18.7. The molecule has 0 aliphatic rings. The summed E-state index contributed by atoms with van der Waals surface area (Å²) in [5.74, 6) is -3.54. The molecule has 3 rings (SSSR count). The van der Waals surface area contributed by atoms with Crippen molar-refractivity contribution in [2.45, 2.75) is 0 Å². The molecule has 3 aromatic carbocycles. The lowest BCUT2D eigenvalue weighted by Gasteiger charge is -2.11. The summed E-state index contributed by atoms with van der Waals surface area (Å²) in [5.41, 5.74) is 0.192. The first-order valence-electron chi connectivity index (χ1n) is 11.0. The second-order valence-electron chi connectivity index (χ2n) is 7.31. The van der Waals surface area contributed by atoms with Crippen molar-refractivity contribution in [1.29, 1.82) is 0 Å². The van der Waals surface area contributed by atoms with Gasteiger partial charge in [0.15, 0.2) is 11.5 Å². The van der Waals surface area contributed by atoms with Crippen LogP contribution in [-0.2, 0) is 14.4 Å². The molecule has 0 unspecified atom stereocenters. The fourth-order valence-electron chi connectivity index (χ4n) is 2.82. The molecule has 10 nitrogen and oxygen atoms in total. The predicted molar refractivity (Wildman–Crippen MR) is 137 cm³/mol. The van der Waals surface area contributed by atoms with Crippen LogP contribution in [0.3, 0.4) is 0 Å². The molecule has 0 saturated heterocycles. The SMILES string of the molecule is C=CC(=O)Oc1ccc(C(=O)Oc2ccc(OC(=O)c3ccc(OC(=O)C=C)c(OC(=O)C=C)c3)cc2)cc1. The third-order valence-electron chi connectivity index (χ3n) is 4.65. The van der Waals surface area contributed by atoms with E-state index in [1.54, 1.807) is 0 Å². The van der Waals surface area contributed by atoms with E-state index >= 15 is 0 Å². The van der Waals surface area contributed by atoms with Gasteiger partial charge in [0.05, 0.1) is 11.1 Å². The van der Waals surface area contributed by atoms with Gasteiger partial charge in [0.1, 0.15) is 17.2 Å². The summed E-state index contributed by atoms with van der Waals surface area (Å²) in [4.78, 5) is 59.5. The van der Waals surface area contributed by atoms with Gasteiger partial charge in [-0.3, -0.25) is 0 Å². The Balaban J connectivity index is 1.66. The van der Waals surface area contributed by atoms with Crippen LogP contribution >= 0.6 is 0 Å². The highest BCUT2D eigenvalue weighted by Crippen LogP contribution is 2.30. The molecule has 0 spiro atoms. The second-order valence-corrected chi connectivity index (χ2v) is 7.31. The zero-order chi connectivity index (χ0) is 28.4. The van der Waals surface area contributed by atoms with Crippen LogP contribution in [0.25, 0.3) is 0 Å². The van der Waals surface area contributed by atoms with Crippen molar-refractivity contribution in [2.24, 2.45) is 0 Å². The number of rotatable bonds is 10. The Bertz CT molecular complexity index is 1450. The largest absolute Gasteiger partial charge is 0.423 e. The third-order valence-corrected chi connectivity index (χ3v) is 4.65. The van der Waals surface area contributed by atoms with Gasteiger partial charge in [-0.2, -0.15) is 0 Å². The van der Waals surface area contributed by atoms with Crippen molar-refractivity contribution in [3.63, 3.8) is 0 Å². The molecule has 0 atom stereocenters. The minimum atomic E-state index is -0.839. The Morgan fingerprint density at radius 3 is 1.36 bits per heavy atom. The maximum absolute atomic E-state index is 12.6. The number of benzene rings is 3. The molecule has 0 bridgehead atoms. The van der Waals surface area contributed by atoms with Crippen molar-refractivity contribution in [1.82, 2.24) is 0 Å². The van der Waals surface area contributed by atoms with Gasteiger partial charge < -0.3 is 23.7 Å². The van der Waals surface area contributed by atoms with Crippen LogP contribution in [0.4, 0.5) is 0 Å². The molecule has 0 aromatic heterocycles. The average Bonchev–Trinajstić information content (AvgIpc) is 2.94. The number of hydrogen-bond donors (Lipinski definition) is 0. The Kier molecular flexibility index (Phi) is 9.25. The Hall–Kier alpha value is -5.77. The molecule has 0 fully saturated rings. The van der Waals surface area contributed by atoms with Gasteiger partial charge in [-0.1, -0.05) is 19.7 Å². The summed E-state index contributed by atoms with van der Waals surface area (Å²) in [5, 5.41) is 0. The molecule has 10 heteroatoms. The van der Waals surface area contributed by atoms with E-state index in [4.69, 9.17) is 23.7 Å². The highest BCUT2D eigenvalue weighted by atomic mass is 16.6. The maximum Gasteiger partial charge on any atom is 0.343 e. The fraction of sp³-hybridized carbons (Fsp3) is 0. The molecule has 0 heterocycles. The van der Waals surface area contributed by atoms with Gasteiger partial charge >= 0.3 is 29.8 Å². The maximum atomic E-state index is 12.6. The van der Waals surface area contributed by atoms with Gasteiger partial charge in [-0.15, -0.1) is 0 Å². The Labute approximate surface area is 222 Å². The predicted octanol–water partition coefficient (Wildman–Crippen LogP) is 4.40. The number of esters is 5. The molecule has 0 amide bonds. The molecule has 0 saturated carbocycles. The van der Waals surface area contributed by atoms with Crippen LogP contribution in [0, 0.1) is 0 Å². The highest BCUT2D eigenvalue weighted by molar-refractivity contribution is 5.93. The molecule has 0 N–H and O–H groups in total. The van der Waals surface area contributed by atoms with Crippen LogP contribution in [0.2, 0.25) is 0 Å². The lowest BCUT2D eigenvalue weighted by Crippen LogP contribution is -2.12. The lowest BCUT2D eigenvalue weighted by atomic mass is 10.2. The summed E-state index contributed by atoms with van der Waals surface area (Å²) >= 11 is 0. The first kappa shape index (κ1) is 27.8. The van der Waals surface area contributed by atoms with E-state index in [9.17, 15) is 24.0 Å². The number of carbonyl (C=O) groups excluding carboxylic acids is 5. The summed E-state index contributed by atoms with van der Waals surface area (Å²) in [6.07, 6.45) is 2.83. The van der Waals surface area contributed by atoms with E-state index in [1.165, 1.54) is 60.7 Å². The Morgan fingerprint density at radius 1 is 0.462 bits per heavy atom. The Morgan fingerprint density at radius 2 is 0.846 bits per heavy atom. The van der Waals surface area contributed by atoms with Crippen molar-refractivity contribution >= 4 is 29.8 Å². The van der Waals surface area contributed by atoms with Gasteiger partial charge in [-0.05, 0) is 66.7 Å². The molecule has 0 aliphatic carbocycles. The van der Waals surface area contributed by atoms with Crippen molar-refractivity contribution in [3.05, 3.63) is 116 Å². The van der Waals surface area contributed by atoms with Gasteiger partial charge in [0.25, 0.3) is 0 Å². The topological polar surface area (TPSA) is 132 Å². The first-order valence-corrected chi connectivity index (χ1v) is 11.0. The van der Waals surface area contributed by atoms with Crippen molar-refractivity contribution < 1.29 is 47.7 Å². The third kappa shape index (κ3) is 7.86. The number of ether oxygens (including phenoxy) is 5. The fourth-order valence-corrected chi connectivity index (χ4v) is 2.82. The number of hydrogen-bond acceptors (Lipinski definition) is 10. The molecule has 0 radical (unpaired) electrons. The minimum absolute atomic E-state index is 0.0158. The van der Waals surface area contributed by atoms with E-state index in [0.29, 0.717) is 0 Å². The second kappa shape index (κ2) is 13.0. The highest BCUT2D eigenvalue weighted by Gasteiger charge is 2.17. The van der Waals surface area contributed by atoms with E-state index in [2.05, 4.69) is 19.7 Å². The summed E-state index contributed by atoms with van der Waals surface area (Å²) in [6, 6.07) is 15.1. The summed E-state index contributed by atoms with van der Waals surface area (Å²) < 4.78 is 25.6. The molecule has 0 aliphatic heterocycles. The normalized spacial score (nSPS) is 9.85. The molecule has 3 aromatic rings. The van der Waals surface area contributed by atoms with Crippen LogP contribution in [0.15, 0.2) is 105 Å². The van der Waals surface area contributed by atoms with Crippen LogP contribution in [-0.4, -0.2) is 29.8 Å².